The number of carboxylic acid groups (broad SMARTS) is 1. The van der Waals surface area contributed by atoms with E-state index in [0.717, 1.165) is 0 Å². The molecule has 0 bridgehead atoms. The second-order valence-corrected chi connectivity index (χ2v) is 7.36. The summed E-state index contributed by atoms with van der Waals surface area (Å²) >= 11 is 0. The summed E-state index contributed by atoms with van der Waals surface area (Å²) in [6.45, 7) is 8.04. The summed E-state index contributed by atoms with van der Waals surface area (Å²) in [6.07, 6.45) is 0.963. The van der Waals surface area contributed by atoms with Gasteiger partial charge in [0.2, 0.25) is 0 Å². The smallest absolute Gasteiger partial charge is 0.410 e. The summed E-state index contributed by atoms with van der Waals surface area (Å²) in [4.78, 5) is 40.6. The van der Waals surface area contributed by atoms with Crippen molar-refractivity contribution in [3.8, 4) is 0 Å². The van der Waals surface area contributed by atoms with Crippen LogP contribution in [0.3, 0.4) is 0 Å². The van der Waals surface area contributed by atoms with Crippen LogP contribution >= 0.6 is 0 Å². The van der Waals surface area contributed by atoms with Crippen LogP contribution in [0.25, 0.3) is 0 Å². The summed E-state index contributed by atoms with van der Waals surface area (Å²) in [7, 11) is 0. The minimum atomic E-state index is -0.845. The minimum absolute atomic E-state index is 0.134. The molecule has 8 heteroatoms. The fourth-order valence-corrected chi connectivity index (χ4v) is 2.96. The molecule has 0 aliphatic carbocycles. The Bertz CT molecular complexity index is 494. The molecule has 8 nitrogen and oxygen atoms in total. The maximum Gasteiger partial charge on any atom is 0.410 e. The zero-order valence-electron chi connectivity index (χ0n) is 14.7. The molecule has 2 saturated heterocycles. The van der Waals surface area contributed by atoms with Gasteiger partial charge in [-0.15, -0.1) is 0 Å². The third-order valence-corrected chi connectivity index (χ3v) is 4.24. The molecule has 24 heavy (non-hydrogen) atoms. The number of carbonyl (C=O) groups excluding carboxylic acids is 2. The van der Waals surface area contributed by atoms with E-state index in [9.17, 15) is 14.4 Å². The number of hydrogen-bond acceptors (Lipinski definition) is 4. The number of carboxylic acids is 1. The van der Waals surface area contributed by atoms with Gasteiger partial charge in [-0.3, -0.25) is 4.79 Å². The van der Waals surface area contributed by atoms with Crippen LogP contribution in [0.5, 0.6) is 0 Å². The maximum atomic E-state index is 12.6. The zero-order valence-corrected chi connectivity index (χ0v) is 14.7. The Kier molecular flexibility index (Phi) is 5.56. The van der Waals surface area contributed by atoms with Crippen LogP contribution in [-0.2, 0) is 9.53 Å². The number of hydrogen-bond donors (Lipinski definition) is 1. The monoisotopic (exact) mass is 341 g/mol. The average Bonchev–Trinajstić information content (AvgIpc) is 2.53. The molecule has 0 saturated carbocycles. The van der Waals surface area contributed by atoms with E-state index in [-0.39, 0.29) is 18.7 Å². The second kappa shape index (κ2) is 7.27. The number of likely N-dealkylation sites (tertiary alicyclic amines) is 1. The van der Waals surface area contributed by atoms with Gasteiger partial charge in [0.15, 0.2) is 0 Å². The highest BCUT2D eigenvalue weighted by Crippen LogP contribution is 2.19. The SMILES string of the molecule is CC(C)(C)OC(=O)N1CCN(C(=O)N2CCC[C@@H](C(=O)O)C2)CC1. The Labute approximate surface area is 142 Å². The van der Waals surface area contributed by atoms with E-state index in [2.05, 4.69) is 0 Å². The molecule has 136 valence electrons. The predicted octanol–water partition coefficient (Wildman–Crippen LogP) is 1.46. The van der Waals surface area contributed by atoms with E-state index >= 15 is 0 Å². The number of urea groups is 1. The van der Waals surface area contributed by atoms with Crippen LogP contribution in [-0.4, -0.2) is 82.8 Å². The molecule has 0 aromatic rings. The first-order valence-corrected chi connectivity index (χ1v) is 8.42. The van der Waals surface area contributed by atoms with E-state index in [4.69, 9.17) is 9.84 Å². The number of piperidine rings is 1. The molecule has 2 rings (SSSR count). The fraction of sp³-hybridized carbons (Fsp3) is 0.812. The molecule has 1 N–H and O–H groups in total. The minimum Gasteiger partial charge on any atom is -0.481 e. The van der Waals surface area contributed by atoms with Crippen LogP contribution in [0.2, 0.25) is 0 Å². The summed E-state index contributed by atoms with van der Waals surface area (Å²) in [5.74, 6) is -1.33. The van der Waals surface area contributed by atoms with E-state index in [1.807, 2.05) is 20.8 Å². The van der Waals surface area contributed by atoms with Crippen molar-refractivity contribution in [3.05, 3.63) is 0 Å². The van der Waals surface area contributed by atoms with Crippen LogP contribution in [0.15, 0.2) is 0 Å². The number of nitrogens with zero attached hydrogens (tertiary/aromatic N) is 3. The molecule has 0 unspecified atom stereocenters. The van der Waals surface area contributed by atoms with Crippen molar-refractivity contribution in [3.63, 3.8) is 0 Å². The summed E-state index contributed by atoms with van der Waals surface area (Å²) in [5.41, 5.74) is -0.538. The molecule has 2 fully saturated rings. The lowest BCUT2D eigenvalue weighted by Gasteiger charge is -2.39. The Hall–Kier alpha value is -1.99. The average molecular weight is 341 g/mol. The fourth-order valence-electron chi connectivity index (χ4n) is 2.96. The number of ether oxygens (including phenoxy) is 1. The molecule has 0 aromatic heterocycles. The van der Waals surface area contributed by atoms with Gasteiger partial charge in [0.1, 0.15) is 5.60 Å². The molecule has 0 aromatic carbocycles. The van der Waals surface area contributed by atoms with Gasteiger partial charge in [-0.1, -0.05) is 0 Å². The van der Waals surface area contributed by atoms with Gasteiger partial charge in [-0.2, -0.15) is 0 Å². The van der Waals surface area contributed by atoms with E-state index in [1.165, 1.54) is 0 Å². The molecule has 2 heterocycles. The van der Waals surface area contributed by atoms with Crippen molar-refractivity contribution in [1.29, 1.82) is 0 Å². The maximum absolute atomic E-state index is 12.6. The van der Waals surface area contributed by atoms with Crippen LogP contribution in [0.1, 0.15) is 33.6 Å². The van der Waals surface area contributed by atoms with E-state index in [1.54, 1.807) is 14.7 Å². The molecule has 1 atom stereocenters. The number of aliphatic carboxylic acids is 1. The van der Waals surface area contributed by atoms with Gasteiger partial charge in [0.25, 0.3) is 0 Å². The first-order chi connectivity index (χ1) is 11.2. The lowest BCUT2D eigenvalue weighted by molar-refractivity contribution is -0.143. The molecule has 2 aliphatic rings. The summed E-state index contributed by atoms with van der Waals surface area (Å²) in [6, 6.07) is -0.134. The highest BCUT2D eigenvalue weighted by molar-refractivity contribution is 5.77. The number of carbonyl (C=O) groups is 3. The number of amides is 3. The highest BCUT2D eigenvalue weighted by Gasteiger charge is 2.33. The standard InChI is InChI=1S/C16H27N3O5/c1-16(2,3)24-15(23)18-9-7-17(8-10-18)14(22)19-6-4-5-12(11-19)13(20)21/h12H,4-11H2,1-3H3,(H,20,21)/t12-/m1/s1. The largest absolute Gasteiger partial charge is 0.481 e. The zero-order chi connectivity index (χ0) is 17.9. The third-order valence-electron chi connectivity index (χ3n) is 4.24. The predicted molar refractivity (Wildman–Crippen MR) is 86.7 cm³/mol. The van der Waals surface area contributed by atoms with Crippen molar-refractivity contribution in [2.75, 3.05) is 39.3 Å². The first-order valence-electron chi connectivity index (χ1n) is 8.42. The van der Waals surface area contributed by atoms with Crippen LogP contribution < -0.4 is 0 Å². The van der Waals surface area contributed by atoms with Crippen LogP contribution in [0, 0.1) is 5.92 Å². The van der Waals surface area contributed by atoms with E-state index in [0.29, 0.717) is 45.6 Å². The van der Waals surface area contributed by atoms with Gasteiger partial charge in [0, 0.05) is 39.3 Å². The molecule has 2 aliphatic heterocycles. The Morgan fingerprint density at radius 3 is 2.08 bits per heavy atom. The third kappa shape index (κ3) is 4.75. The van der Waals surface area contributed by atoms with Crippen molar-refractivity contribution in [1.82, 2.24) is 14.7 Å². The molecular weight excluding hydrogens is 314 g/mol. The summed E-state index contributed by atoms with van der Waals surface area (Å²) in [5, 5.41) is 9.13. The van der Waals surface area contributed by atoms with Gasteiger partial charge >= 0.3 is 18.1 Å². The first kappa shape index (κ1) is 18.4. The van der Waals surface area contributed by atoms with Crippen molar-refractivity contribution in [2.24, 2.45) is 5.92 Å². The molecule has 3 amide bonds. The number of piperazine rings is 1. The van der Waals surface area contributed by atoms with Gasteiger partial charge in [-0.05, 0) is 33.6 Å². The lowest BCUT2D eigenvalue weighted by atomic mass is 9.98. The Morgan fingerprint density at radius 1 is 0.958 bits per heavy atom. The number of rotatable bonds is 1. The second-order valence-electron chi connectivity index (χ2n) is 7.36. The molecular formula is C16H27N3O5. The molecule has 0 radical (unpaired) electrons. The molecule has 0 spiro atoms. The quantitative estimate of drug-likeness (QED) is 0.780. The topological polar surface area (TPSA) is 90.4 Å². The normalized spacial score (nSPS) is 22.3. The highest BCUT2D eigenvalue weighted by atomic mass is 16.6. The summed E-state index contributed by atoms with van der Waals surface area (Å²) < 4.78 is 5.34. The van der Waals surface area contributed by atoms with Gasteiger partial charge < -0.3 is 24.5 Å². The Balaban J connectivity index is 1.84. The van der Waals surface area contributed by atoms with E-state index < -0.39 is 17.5 Å². The van der Waals surface area contributed by atoms with Crippen molar-refractivity contribution in [2.45, 2.75) is 39.2 Å². The van der Waals surface area contributed by atoms with Crippen LogP contribution in [0.4, 0.5) is 9.59 Å². The lowest BCUT2D eigenvalue weighted by Crippen LogP contribution is -2.56. The van der Waals surface area contributed by atoms with Crippen molar-refractivity contribution >= 4 is 18.1 Å². The van der Waals surface area contributed by atoms with Gasteiger partial charge in [-0.25, -0.2) is 9.59 Å². The Morgan fingerprint density at radius 2 is 1.54 bits per heavy atom. The van der Waals surface area contributed by atoms with Crippen molar-refractivity contribution < 1.29 is 24.2 Å². The van der Waals surface area contributed by atoms with Gasteiger partial charge in [0.05, 0.1) is 5.92 Å².